The monoisotopic (exact) mass is 391 g/mol. The van der Waals surface area contributed by atoms with Gasteiger partial charge in [-0.15, -0.1) is 0 Å². The highest BCUT2D eigenvalue weighted by molar-refractivity contribution is 8.13. The molecular weight excluding hydrogens is 383 g/mol. The van der Waals surface area contributed by atoms with Gasteiger partial charge in [0, 0.05) is 24.6 Å². The Balaban J connectivity index is 2.52. The zero-order valence-electron chi connectivity index (χ0n) is 12.7. The van der Waals surface area contributed by atoms with Crippen molar-refractivity contribution in [3.05, 3.63) is 56.4 Å². The molecule has 25 heavy (non-hydrogen) atoms. The minimum Gasteiger partial charge on any atom is -0.452 e. The van der Waals surface area contributed by atoms with Gasteiger partial charge in [-0.05, 0) is 24.8 Å². The fourth-order valence-corrected chi connectivity index (χ4v) is 2.87. The zero-order chi connectivity index (χ0) is 18.9. The number of halogens is 4. The lowest BCUT2D eigenvalue weighted by Gasteiger charge is -2.12. The summed E-state index contributed by atoms with van der Waals surface area (Å²) in [5.74, 6) is -5.22. The van der Waals surface area contributed by atoms with Crippen LogP contribution in [0.2, 0.25) is 5.02 Å². The Hall–Kier alpha value is -2.26. The molecule has 0 aliphatic rings. The molecule has 2 aromatic rings. The van der Waals surface area contributed by atoms with Crippen LogP contribution in [0.1, 0.15) is 12.5 Å². The minimum atomic E-state index is -1.50. The van der Waals surface area contributed by atoms with E-state index in [0.29, 0.717) is 11.8 Å². The second kappa shape index (κ2) is 7.32. The maximum Gasteiger partial charge on any atom is 0.283 e. The molecule has 0 heterocycles. The van der Waals surface area contributed by atoms with E-state index in [1.807, 2.05) is 0 Å². The molecule has 5 nitrogen and oxygen atoms in total. The summed E-state index contributed by atoms with van der Waals surface area (Å²) in [7, 11) is 0. The minimum absolute atomic E-state index is 0.0698. The normalized spacial score (nSPS) is 10.6. The van der Waals surface area contributed by atoms with Gasteiger partial charge in [0.1, 0.15) is 10.8 Å². The number of nitrogens with zero attached hydrogens (tertiary/aromatic N) is 1. The Labute approximate surface area is 148 Å². The summed E-state index contributed by atoms with van der Waals surface area (Å²) < 4.78 is 46.5. The number of ether oxygens (including phenoxy) is 1. The average Bonchev–Trinajstić information content (AvgIpc) is 2.54. The Kier molecular flexibility index (Phi) is 5.58. The molecular formula is C15H9ClF3NO4S. The third-order valence-electron chi connectivity index (χ3n) is 3.04. The molecule has 0 amide bonds. The summed E-state index contributed by atoms with van der Waals surface area (Å²) in [6, 6.07) is 3.19. The van der Waals surface area contributed by atoms with E-state index in [2.05, 4.69) is 0 Å². The van der Waals surface area contributed by atoms with Gasteiger partial charge in [-0.25, -0.2) is 8.78 Å². The molecule has 0 saturated heterocycles. The molecule has 2 aromatic carbocycles. The Morgan fingerprint density at radius 1 is 1.24 bits per heavy atom. The van der Waals surface area contributed by atoms with Gasteiger partial charge < -0.3 is 4.74 Å². The number of nitro benzene ring substituents is 1. The lowest BCUT2D eigenvalue weighted by Crippen LogP contribution is -2.01. The lowest BCUT2D eigenvalue weighted by atomic mass is 10.2. The van der Waals surface area contributed by atoms with E-state index in [1.165, 1.54) is 6.92 Å². The summed E-state index contributed by atoms with van der Waals surface area (Å²) in [6.07, 6.45) is 0. The summed E-state index contributed by atoms with van der Waals surface area (Å²) in [6.45, 7) is 2.21. The van der Waals surface area contributed by atoms with E-state index >= 15 is 0 Å². The molecule has 0 unspecified atom stereocenters. The quantitative estimate of drug-likeness (QED) is 0.302. The van der Waals surface area contributed by atoms with Gasteiger partial charge in [0.15, 0.2) is 22.5 Å². The number of nitro groups is 1. The SMILES string of the molecule is CC(=O)Sc1cc(Oc2c(F)c(F)c(C)c(F)c2Cl)ccc1[N+](=O)[O-]. The molecule has 0 N–H and O–H groups in total. The fourth-order valence-electron chi connectivity index (χ4n) is 1.87. The Morgan fingerprint density at radius 3 is 2.44 bits per heavy atom. The molecule has 0 fully saturated rings. The van der Waals surface area contributed by atoms with Crippen molar-refractivity contribution in [1.82, 2.24) is 0 Å². The first-order valence-electron chi connectivity index (χ1n) is 6.60. The van der Waals surface area contributed by atoms with E-state index in [4.69, 9.17) is 16.3 Å². The van der Waals surface area contributed by atoms with E-state index in [1.54, 1.807) is 0 Å². The highest BCUT2D eigenvalue weighted by Crippen LogP contribution is 2.40. The first-order valence-corrected chi connectivity index (χ1v) is 7.80. The first kappa shape index (κ1) is 19.1. The number of benzene rings is 2. The van der Waals surface area contributed by atoms with Crippen LogP contribution in [-0.2, 0) is 4.79 Å². The highest BCUT2D eigenvalue weighted by Gasteiger charge is 2.24. The second-order valence-electron chi connectivity index (χ2n) is 4.79. The van der Waals surface area contributed by atoms with Gasteiger partial charge in [0.05, 0.1) is 9.82 Å². The molecule has 0 saturated carbocycles. The highest BCUT2D eigenvalue weighted by atomic mass is 35.5. The van der Waals surface area contributed by atoms with Crippen LogP contribution >= 0.6 is 23.4 Å². The maximum atomic E-state index is 14.0. The van der Waals surface area contributed by atoms with Crippen LogP contribution < -0.4 is 4.74 Å². The van der Waals surface area contributed by atoms with Crippen LogP contribution in [0, 0.1) is 34.5 Å². The van der Waals surface area contributed by atoms with Gasteiger partial charge in [-0.3, -0.25) is 14.9 Å². The number of rotatable bonds is 4. The maximum absolute atomic E-state index is 14.0. The Bertz CT molecular complexity index is 863. The number of hydrogen-bond acceptors (Lipinski definition) is 5. The number of hydrogen-bond donors (Lipinski definition) is 0. The third kappa shape index (κ3) is 3.88. The van der Waals surface area contributed by atoms with Crippen molar-refractivity contribution < 1.29 is 27.6 Å². The summed E-state index contributed by atoms with van der Waals surface area (Å²) in [5.41, 5.74) is -0.980. The number of carbonyl (C=O) groups is 1. The lowest BCUT2D eigenvalue weighted by molar-refractivity contribution is -0.387. The summed E-state index contributed by atoms with van der Waals surface area (Å²) in [5, 5.41) is 9.77. The van der Waals surface area contributed by atoms with E-state index in [0.717, 1.165) is 25.1 Å². The molecule has 0 spiro atoms. The number of carbonyl (C=O) groups excluding carboxylic acids is 1. The van der Waals surface area contributed by atoms with Crippen LogP contribution in [0.5, 0.6) is 11.5 Å². The van der Waals surface area contributed by atoms with Crippen molar-refractivity contribution in [3.63, 3.8) is 0 Å². The second-order valence-corrected chi connectivity index (χ2v) is 6.39. The standard InChI is InChI=1S/C15H9ClF3NO4S/c1-6-12(17)11(16)15(14(19)13(6)18)24-8-3-4-9(20(22)23)10(5-8)25-7(2)21/h3-5H,1-2H3. The van der Waals surface area contributed by atoms with Crippen LogP contribution in [0.25, 0.3) is 0 Å². The van der Waals surface area contributed by atoms with Gasteiger partial charge >= 0.3 is 0 Å². The van der Waals surface area contributed by atoms with Crippen LogP contribution in [0.4, 0.5) is 18.9 Å². The average molecular weight is 392 g/mol. The van der Waals surface area contributed by atoms with Crippen LogP contribution in [-0.4, -0.2) is 10.0 Å². The van der Waals surface area contributed by atoms with Crippen molar-refractivity contribution in [2.24, 2.45) is 0 Å². The van der Waals surface area contributed by atoms with Gasteiger partial charge in [-0.1, -0.05) is 11.6 Å². The first-order chi connectivity index (χ1) is 11.6. The van der Waals surface area contributed by atoms with Gasteiger partial charge in [-0.2, -0.15) is 4.39 Å². The molecule has 0 atom stereocenters. The molecule has 0 bridgehead atoms. The fraction of sp³-hybridized carbons (Fsp3) is 0.133. The van der Waals surface area contributed by atoms with Crippen molar-refractivity contribution in [2.75, 3.05) is 0 Å². The van der Waals surface area contributed by atoms with Crippen molar-refractivity contribution in [2.45, 2.75) is 18.7 Å². The predicted octanol–water partition coefficient (Wildman–Crippen LogP) is 5.40. The molecule has 0 aromatic heterocycles. The molecule has 0 aliphatic heterocycles. The van der Waals surface area contributed by atoms with Crippen molar-refractivity contribution >= 4 is 34.2 Å². The molecule has 0 aliphatic carbocycles. The van der Waals surface area contributed by atoms with E-state index in [-0.39, 0.29) is 16.3 Å². The smallest absolute Gasteiger partial charge is 0.283 e. The Morgan fingerprint density at radius 2 is 1.88 bits per heavy atom. The number of thioether (sulfide) groups is 1. The molecule has 0 radical (unpaired) electrons. The zero-order valence-corrected chi connectivity index (χ0v) is 14.3. The van der Waals surface area contributed by atoms with Crippen LogP contribution in [0.15, 0.2) is 23.1 Å². The summed E-state index contributed by atoms with van der Waals surface area (Å²) >= 11 is 6.22. The van der Waals surface area contributed by atoms with Gasteiger partial charge in [0.25, 0.3) is 5.69 Å². The largest absolute Gasteiger partial charge is 0.452 e. The van der Waals surface area contributed by atoms with E-state index in [9.17, 15) is 28.1 Å². The third-order valence-corrected chi connectivity index (χ3v) is 4.22. The van der Waals surface area contributed by atoms with Crippen molar-refractivity contribution in [1.29, 1.82) is 0 Å². The summed E-state index contributed by atoms with van der Waals surface area (Å²) in [4.78, 5) is 21.4. The molecule has 10 heteroatoms. The van der Waals surface area contributed by atoms with E-state index < -0.39 is 43.8 Å². The molecule has 2 rings (SSSR count). The topological polar surface area (TPSA) is 69.4 Å². The van der Waals surface area contributed by atoms with Crippen LogP contribution in [0.3, 0.4) is 0 Å². The van der Waals surface area contributed by atoms with Gasteiger partial charge in [0.2, 0.25) is 5.82 Å². The van der Waals surface area contributed by atoms with Crippen molar-refractivity contribution in [3.8, 4) is 11.5 Å². The molecule has 132 valence electrons. The predicted molar refractivity (Wildman–Crippen MR) is 85.8 cm³/mol.